The van der Waals surface area contributed by atoms with Gasteiger partial charge in [0.05, 0.1) is 5.69 Å². The third-order valence-electron chi connectivity index (χ3n) is 4.19. The Bertz CT molecular complexity index is 953. The summed E-state index contributed by atoms with van der Waals surface area (Å²) < 4.78 is 45.2. The summed E-state index contributed by atoms with van der Waals surface area (Å²) in [7, 11) is 0. The molecular formula is C20H18ClF3N2O2. The topological polar surface area (TPSA) is 58.1 Å². The van der Waals surface area contributed by atoms with Gasteiger partial charge in [0.2, 0.25) is 0 Å². The molecule has 0 spiro atoms. The maximum absolute atomic E-state index is 13.2. The molecule has 0 atom stereocenters. The SMILES string of the molecule is CCCc1c(-c2ccc(OCc3ccc(Cl)cc3)cc2O)n[nH]c1C(F)(F)F. The van der Waals surface area contributed by atoms with Gasteiger partial charge in [-0.1, -0.05) is 37.1 Å². The number of hydrogen-bond acceptors (Lipinski definition) is 3. The molecule has 0 unspecified atom stereocenters. The van der Waals surface area contributed by atoms with E-state index >= 15 is 0 Å². The maximum Gasteiger partial charge on any atom is 0.433 e. The van der Waals surface area contributed by atoms with Gasteiger partial charge in [-0.25, -0.2) is 0 Å². The molecule has 3 aromatic rings. The van der Waals surface area contributed by atoms with E-state index in [0.29, 0.717) is 17.2 Å². The van der Waals surface area contributed by atoms with E-state index < -0.39 is 11.9 Å². The van der Waals surface area contributed by atoms with Crippen molar-refractivity contribution < 1.29 is 23.0 Å². The van der Waals surface area contributed by atoms with E-state index in [0.717, 1.165) is 5.56 Å². The molecule has 2 N–H and O–H groups in total. The second-order valence-electron chi connectivity index (χ2n) is 6.27. The van der Waals surface area contributed by atoms with Crippen LogP contribution in [0, 0.1) is 0 Å². The highest BCUT2D eigenvalue weighted by molar-refractivity contribution is 6.30. The van der Waals surface area contributed by atoms with Gasteiger partial charge < -0.3 is 9.84 Å². The number of aromatic hydroxyl groups is 1. The van der Waals surface area contributed by atoms with E-state index in [1.54, 1.807) is 25.1 Å². The van der Waals surface area contributed by atoms with Gasteiger partial charge in [-0.15, -0.1) is 0 Å². The number of halogens is 4. The fourth-order valence-electron chi connectivity index (χ4n) is 2.86. The number of nitrogens with one attached hydrogen (secondary N) is 1. The van der Waals surface area contributed by atoms with E-state index in [2.05, 4.69) is 10.2 Å². The van der Waals surface area contributed by atoms with Crippen LogP contribution in [0.15, 0.2) is 42.5 Å². The molecule has 0 saturated carbocycles. The largest absolute Gasteiger partial charge is 0.507 e. The number of phenolic OH excluding ortho intramolecular Hbond substituents is 1. The predicted octanol–water partition coefficient (Wildman–Crippen LogP) is 5.99. The normalized spacial score (nSPS) is 11.6. The Morgan fingerprint density at radius 1 is 1.14 bits per heavy atom. The highest BCUT2D eigenvalue weighted by Gasteiger charge is 2.37. The molecule has 3 rings (SSSR count). The van der Waals surface area contributed by atoms with Crippen molar-refractivity contribution in [1.82, 2.24) is 10.2 Å². The number of aromatic nitrogens is 2. The fraction of sp³-hybridized carbons (Fsp3) is 0.250. The predicted molar refractivity (Wildman–Crippen MR) is 100 cm³/mol. The van der Waals surface area contributed by atoms with Gasteiger partial charge in [0, 0.05) is 22.2 Å². The van der Waals surface area contributed by atoms with Gasteiger partial charge in [0.15, 0.2) is 0 Å². The van der Waals surface area contributed by atoms with Crippen LogP contribution in [-0.4, -0.2) is 15.3 Å². The minimum atomic E-state index is -4.53. The number of ether oxygens (including phenoxy) is 1. The quantitative estimate of drug-likeness (QED) is 0.525. The van der Waals surface area contributed by atoms with Crippen molar-refractivity contribution in [2.45, 2.75) is 32.5 Å². The van der Waals surface area contributed by atoms with Crippen LogP contribution in [0.1, 0.15) is 30.2 Å². The zero-order valence-electron chi connectivity index (χ0n) is 15.0. The smallest absolute Gasteiger partial charge is 0.433 e. The maximum atomic E-state index is 13.2. The molecule has 0 aliphatic carbocycles. The first-order chi connectivity index (χ1) is 13.3. The number of H-pyrrole nitrogens is 1. The van der Waals surface area contributed by atoms with Crippen molar-refractivity contribution in [2.75, 3.05) is 0 Å². The summed E-state index contributed by atoms with van der Waals surface area (Å²) in [5.41, 5.74) is 0.359. The fourth-order valence-corrected chi connectivity index (χ4v) is 2.99. The molecule has 0 saturated heterocycles. The van der Waals surface area contributed by atoms with Crippen molar-refractivity contribution in [3.63, 3.8) is 0 Å². The number of phenols is 1. The molecule has 0 amide bonds. The van der Waals surface area contributed by atoms with Crippen LogP contribution < -0.4 is 4.74 Å². The molecule has 0 aliphatic heterocycles. The van der Waals surface area contributed by atoms with Crippen LogP contribution >= 0.6 is 11.6 Å². The van der Waals surface area contributed by atoms with Gasteiger partial charge in [-0.3, -0.25) is 5.10 Å². The van der Waals surface area contributed by atoms with E-state index in [1.165, 1.54) is 12.1 Å². The minimum Gasteiger partial charge on any atom is -0.507 e. The van der Waals surface area contributed by atoms with Gasteiger partial charge in [-0.2, -0.15) is 18.3 Å². The van der Waals surface area contributed by atoms with Crippen molar-refractivity contribution in [2.24, 2.45) is 0 Å². The van der Waals surface area contributed by atoms with Gasteiger partial charge in [0.1, 0.15) is 23.8 Å². The molecule has 0 bridgehead atoms. The van der Waals surface area contributed by atoms with Crippen LogP contribution in [0.5, 0.6) is 11.5 Å². The summed E-state index contributed by atoms with van der Waals surface area (Å²) in [5, 5.41) is 16.8. The lowest BCUT2D eigenvalue weighted by molar-refractivity contribution is -0.141. The van der Waals surface area contributed by atoms with Crippen LogP contribution in [0.2, 0.25) is 5.02 Å². The average Bonchev–Trinajstić information content (AvgIpc) is 3.05. The Kier molecular flexibility index (Phi) is 5.84. The summed E-state index contributed by atoms with van der Waals surface area (Å²) in [4.78, 5) is 0. The number of hydrogen-bond donors (Lipinski definition) is 2. The van der Waals surface area contributed by atoms with Crippen molar-refractivity contribution in [3.8, 4) is 22.8 Å². The molecular weight excluding hydrogens is 393 g/mol. The van der Waals surface area contributed by atoms with Crippen molar-refractivity contribution in [1.29, 1.82) is 0 Å². The number of alkyl halides is 3. The second kappa shape index (κ2) is 8.14. The van der Waals surface area contributed by atoms with E-state index in [4.69, 9.17) is 16.3 Å². The first kappa shape index (κ1) is 20.1. The highest BCUT2D eigenvalue weighted by Crippen LogP contribution is 2.39. The summed E-state index contributed by atoms with van der Waals surface area (Å²) >= 11 is 5.84. The summed E-state index contributed by atoms with van der Waals surface area (Å²) in [6, 6.07) is 11.6. The molecule has 0 radical (unpaired) electrons. The van der Waals surface area contributed by atoms with Crippen molar-refractivity contribution in [3.05, 3.63) is 64.3 Å². The van der Waals surface area contributed by atoms with E-state index in [-0.39, 0.29) is 35.6 Å². The molecule has 28 heavy (non-hydrogen) atoms. The summed E-state index contributed by atoms with van der Waals surface area (Å²) in [6.45, 7) is 2.04. The number of aromatic amines is 1. The molecule has 1 aromatic heterocycles. The lowest BCUT2D eigenvalue weighted by atomic mass is 10.0. The van der Waals surface area contributed by atoms with Crippen LogP contribution in [0.25, 0.3) is 11.3 Å². The summed E-state index contributed by atoms with van der Waals surface area (Å²) in [5.74, 6) is 0.186. The lowest BCUT2D eigenvalue weighted by Crippen LogP contribution is -2.09. The van der Waals surface area contributed by atoms with Gasteiger partial charge in [-0.05, 0) is 36.2 Å². The van der Waals surface area contributed by atoms with Crippen LogP contribution in [0.3, 0.4) is 0 Å². The number of rotatable bonds is 6. The Labute approximate surface area is 164 Å². The first-order valence-electron chi connectivity index (χ1n) is 8.64. The molecule has 0 fully saturated rings. The van der Waals surface area contributed by atoms with E-state index in [1.807, 2.05) is 12.1 Å². The third-order valence-corrected chi connectivity index (χ3v) is 4.45. The second-order valence-corrected chi connectivity index (χ2v) is 6.70. The minimum absolute atomic E-state index is 0.0418. The Hall–Kier alpha value is -2.67. The molecule has 1 heterocycles. The number of benzene rings is 2. The van der Waals surface area contributed by atoms with Crippen molar-refractivity contribution >= 4 is 11.6 Å². The molecule has 4 nitrogen and oxygen atoms in total. The standard InChI is InChI=1S/C20H18ClF3N2O2/c1-2-3-16-18(25-26-19(16)20(22,23)24)15-9-8-14(10-17(15)27)28-11-12-4-6-13(21)7-5-12/h4-10,27H,2-3,11H2,1H3,(H,25,26). The Morgan fingerprint density at radius 2 is 1.86 bits per heavy atom. The Balaban J connectivity index is 1.84. The zero-order chi connectivity index (χ0) is 20.3. The monoisotopic (exact) mass is 410 g/mol. The lowest BCUT2D eigenvalue weighted by Gasteiger charge is -2.11. The number of nitrogens with zero attached hydrogens (tertiary/aromatic N) is 1. The Morgan fingerprint density at radius 3 is 2.46 bits per heavy atom. The first-order valence-corrected chi connectivity index (χ1v) is 9.02. The molecule has 0 aliphatic rings. The molecule has 8 heteroatoms. The average molecular weight is 411 g/mol. The molecule has 148 valence electrons. The van der Waals surface area contributed by atoms with Crippen LogP contribution in [-0.2, 0) is 19.2 Å². The third kappa shape index (κ3) is 4.42. The highest BCUT2D eigenvalue weighted by atomic mass is 35.5. The van der Waals surface area contributed by atoms with Crippen LogP contribution in [0.4, 0.5) is 13.2 Å². The zero-order valence-corrected chi connectivity index (χ0v) is 15.7. The van der Waals surface area contributed by atoms with E-state index in [9.17, 15) is 18.3 Å². The summed E-state index contributed by atoms with van der Waals surface area (Å²) in [6.07, 6.45) is -3.83. The molecule has 2 aromatic carbocycles. The van der Waals surface area contributed by atoms with Gasteiger partial charge >= 0.3 is 6.18 Å². The van der Waals surface area contributed by atoms with Gasteiger partial charge in [0.25, 0.3) is 0 Å².